The van der Waals surface area contributed by atoms with Crippen molar-refractivity contribution in [3.8, 4) is 0 Å². The molecule has 6 heteroatoms. The number of piperidine rings is 1. The number of hydrogen-bond acceptors (Lipinski definition) is 3. The summed E-state index contributed by atoms with van der Waals surface area (Å²) in [5.41, 5.74) is 1.01. The first kappa shape index (κ1) is 13.1. The molecule has 23 heavy (non-hydrogen) atoms. The van der Waals surface area contributed by atoms with Crippen LogP contribution in [-0.2, 0) is 14.8 Å². The van der Waals surface area contributed by atoms with Crippen molar-refractivity contribution in [2.75, 3.05) is 10.8 Å². The Kier molecular flexibility index (Phi) is 2.25. The Morgan fingerprint density at radius 1 is 1.00 bits per heavy atom. The van der Waals surface area contributed by atoms with Crippen LogP contribution in [0.4, 0.5) is 5.69 Å². The smallest absolute Gasteiger partial charge is 0.264 e. The van der Waals surface area contributed by atoms with Gasteiger partial charge in [-0.05, 0) is 23.8 Å². The first-order chi connectivity index (χ1) is 11.1. The van der Waals surface area contributed by atoms with Crippen molar-refractivity contribution < 1.29 is 13.2 Å². The van der Waals surface area contributed by atoms with Gasteiger partial charge in [0.2, 0.25) is 5.91 Å². The highest BCUT2D eigenvalue weighted by atomic mass is 32.2. The molecule has 5 rings (SSSR count). The Morgan fingerprint density at radius 3 is 2.48 bits per heavy atom. The molecule has 1 aliphatic carbocycles. The lowest BCUT2D eigenvalue weighted by atomic mass is 10.1. The van der Waals surface area contributed by atoms with Crippen LogP contribution < -0.4 is 9.62 Å². The van der Waals surface area contributed by atoms with Gasteiger partial charge in [0.25, 0.3) is 10.0 Å². The van der Waals surface area contributed by atoms with Crippen LogP contribution in [0.3, 0.4) is 0 Å². The molecule has 116 valence electrons. The molecule has 1 saturated heterocycles. The minimum atomic E-state index is -3.71. The van der Waals surface area contributed by atoms with Gasteiger partial charge in [-0.2, -0.15) is 0 Å². The number of anilines is 1. The van der Waals surface area contributed by atoms with E-state index in [0.717, 1.165) is 5.56 Å². The summed E-state index contributed by atoms with van der Waals surface area (Å²) < 4.78 is 28.0. The van der Waals surface area contributed by atoms with Gasteiger partial charge in [0, 0.05) is 12.5 Å². The summed E-state index contributed by atoms with van der Waals surface area (Å²) in [5, 5.41) is 2.82. The normalized spacial score (nSPS) is 30.4. The molecule has 2 aliphatic heterocycles. The topological polar surface area (TPSA) is 66.5 Å². The molecule has 1 spiro atoms. The SMILES string of the molecule is O=C1NCC23C1C2c1ccccc1N3S(=O)(=O)c1ccccc1. The number of amides is 1. The van der Waals surface area contributed by atoms with Crippen molar-refractivity contribution in [1.29, 1.82) is 0 Å². The van der Waals surface area contributed by atoms with Crippen LogP contribution in [0, 0.1) is 5.92 Å². The van der Waals surface area contributed by atoms with E-state index in [2.05, 4.69) is 5.32 Å². The maximum Gasteiger partial charge on any atom is 0.264 e. The summed E-state index contributed by atoms with van der Waals surface area (Å²) in [6, 6.07) is 15.9. The molecule has 2 fully saturated rings. The molecule has 1 amide bonds. The molecule has 2 aromatic rings. The predicted molar refractivity (Wildman–Crippen MR) is 84.5 cm³/mol. The van der Waals surface area contributed by atoms with Crippen LogP contribution >= 0.6 is 0 Å². The summed E-state index contributed by atoms with van der Waals surface area (Å²) >= 11 is 0. The van der Waals surface area contributed by atoms with E-state index in [1.54, 1.807) is 30.3 Å². The average Bonchev–Trinajstić information content (AvgIpc) is 2.96. The summed E-state index contributed by atoms with van der Waals surface area (Å²) in [7, 11) is -3.71. The van der Waals surface area contributed by atoms with Gasteiger partial charge in [-0.15, -0.1) is 0 Å². The highest BCUT2D eigenvalue weighted by molar-refractivity contribution is 7.93. The van der Waals surface area contributed by atoms with Crippen LogP contribution in [0.5, 0.6) is 0 Å². The lowest BCUT2D eigenvalue weighted by molar-refractivity contribution is -0.121. The van der Waals surface area contributed by atoms with Gasteiger partial charge in [-0.25, -0.2) is 8.42 Å². The molecule has 3 atom stereocenters. The standard InChI is InChI=1S/C17H14N2O3S/c20-16-15-14-12-8-4-5-9-13(12)19(17(14,15)10-18-16)23(21,22)11-6-2-1-3-7-11/h1-9,14-15H,10H2,(H,18,20). The van der Waals surface area contributed by atoms with Gasteiger partial charge in [-0.3, -0.25) is 9.10 Å². The van der Waals surface area contributed by atoms with Gasteiger partial charge in [0.15, 0.2) is 0 Å². The van der Waals surface area contributed by atoms with Crippen molar-refractivity contribution in [2.24, 2.45) is 5.92 Å². The Labute approximate surface area is 134 Å². The van der Waals surface area contributed by atoms with E-state index in [4.69, 9.17) is 0 Å². The zero-order chi connectivity index (χ0) is 15.8. The monoisotopic (exact) mass is 326 g/mol. The van der Waals surface area contributed by atoms with Gasteiger partial charge in [0.1, 0.15) is 0 Å². The zero-order valence-electron chi connectivity index (χ0n) is 12.1. The number of benzene rings is 2. The molecule has 5 nitrogen and oxygen atoms in total. The largest absolute Gasteiger partial charge is 0.353 e. The van der Waals surface area contributed by atoms with Crippen LogP contribution in [0.25, 0.3) is 0 Å². The fourth-order valence-electron chi connectivity index (χ4n) is 4.35. The summed E-state index contributed by atoms with van der Waals surface area (Å²) in [4.78, 5) is 12.4. The quantitative estimate of drug-likeness (QED) is 0.909. The van der Waals surface area contributed by atoms with E-state index in [1.165, 1.54) is 4.31 Å². The number of hydrogen-bond donors (Lipinski definition) is 1. The van der Waals surface area contributed by atoms with Crippen molar-refractivity contribution in [3.05, 3.63) is 60.2 Å². The molecule has 3 aliphatic rings. The second kappa shape index (κ2) is 3.94. The summed E-state index contributed by atoms with van der Waals surface area (Å²) in [6.07, 6.45) is 0. The van der Waals surface area contributed by atoms with Crippen molar-refractivity contribution in [3.63, 3.8) is 0 Å². The van der Waals surface area contributed by atoms with Gasteiger partial charge < -0.3 is 5.32 Å². The maximum atomic E-state index is 13.3. The Hall–Kier alpha value is -2.34. The van der Waals surface area contributed by atoms with Crippen molar-refractivity contribution in [1.82, 2.24) is 5.32 Å². The van der Waals surface area contributed by atoms with E-state index < -0.39 is 15.6 Å². The molecule has 3 unspecified atom stereocenters. The average molecular weight is 326 g/mol. The number of sulfonamides is 1. The first-order valence-electron chi connectivity index (χ1n) is 7.55. The van der Waals surface area contributed by atoms with Crippen molar-refractivity contribution >= 4 is 21.6 Å². The van der Waals surface area contributed by atoms with Gasteiger partial charge in [-0.1, -0.05) is 36.4 Å². The second-order valence-electron chi connectivity index (χ2n) is 6.31. The van der Waals surface area contributed by atoms with Crippen molar-refractivity contribution in [2.45, 2.75) is 16.4 Å². The van der Waals surface area contributed by atoms with Crippen LogP contribution in [-0.4, -0.2) is 26.4 Å². The molecule has 2 heterocycles. The molecule has 0 bridgehead atoms. The Bertz CT molecular complexity index is 941. The number of para-hydroxylation sites is 1. The molecule has 2 aromatic carbocycles. The molecular weight excluding hydrogens is 312 g/mol. The van der Waals surface area contributed by atoms with Gasteiger partial charge >= 0.3 is 0 Å². The third-order valence-corrected chi connectivity index (χ3v) is 7.16. The third-order valence-electron chi connectivity index (χ3n) is 5.28. The minimum absolute atomic E-state index is 0.0223. The first-order valence-corrected chi connectivity index (χ1v) is 8.99. The zero-order valence-corrected chi connectivity index (χ0v) is 13.0. The number of rotatable bonds is 2. The summed E-state index contributed by atoms with van der Waals surface area (Å²) in [6.45, 7) is 0.377. The Balaban J connectivity index is 1.75. The minimum Gasteiger partial charge on any atom is -0.353 e. The van der Waals surface area contributed by atoms with E-state index in [9.17, 15) is 13.2 Å². The van der Waals surface area contributed by atoms with Crippen LogP contribution in [0.2, 0.25) is 0 Å². The molecule has 1 saturated carbocycles. The fourth-order valence-corrected chi connectivity index (χ4v) is 6.22. The molecule has 0 aromatic heterocycles. The highest BCUT2D eigenvalue weighted by Gasteiger charge is 2.80. The number of carbonyl (C=O) groups excluding carboxylic acids is 1. The lowest BCUT2D eigenvalue weighted by Crippen LogP contribution is -2.44. The second-order valence-corrected chi connectivity index (χ2v) is 8.09. The van der Waals surface area contributed by atoms with Gasteiger partial charge in [0.05, 0.1) is 22.0 Å². The van der Waals surface area contributed by atoms with Crippen LogP contribution in [0.1, 0.15) is 11.5 Å². The molecule has 1 N–H and O–H groups in total. The number of nitrogens with one attached hydrogen (secondary N) is 1. The molecule has 0 radical (unpaired) electrons. The highest BCUT2D eigenvalue weighted by Crippen LogP contribution is 2.71. The maximum absolute atomic E-state index is 13.3. The lowest BCUT2D eigenvalue weighted by Gasteiger charge is -2.29. The number of fused-ring (bicyclic) bond motifs is 3. The number of nitrogens with zero attached hydrogens (tertiary/aromatic N) is 1. The van der Waals surface area contributed by atoms with E-state index in [1.807, 2.05) is 24.3 Å². The predicted octanol–water partition coefficient (Wildman–Crippen LogP) is 1.48. The third kappa shape index (κ3) is 1.38. The molecular formula is C17H14N2O3S. The number of carbonyl (C=O) groups is 1. The van der Waals surface area contributed by atoms with Crippen LogP contribution in [0.15, 0.2) is 59.5 Å². The van der Waals surface area contributed by atoms with E-state index in [0.29, 0.717) is 12.2 Å². The fraction of sp³-hybridized carbons (Fsp3) is 0.235. The summed E-state index contributed by atoms with van der Waals surface area (Å²) in [5.74, 6) is -0.334. The van der Waals surface area contributed by atoms with E-state index in [-0.39, 0.29) is 22.6 Å². The van der Waals surface area contributed by atoms with E-state index >= 15 is 0 Å². The Morgan fingerprint density at radius 2 is 1.70 bits per heavy atom.